The van der Waals surface area contributed by atoms with E-state index < -0.39 is 11.8 Å². The Morgan fingerprint density at radius 1 is 1.42 bits per heavy atom. The predicted molar refractivity (Wildman–Crippen MR) is 42.7 cm³/mol. The lowest BCUT2D eigenvalue weighted by atomic mass is 10.3. The smallest absolute Gasteiger partial charge is 0.330 e. The number of halogens is 1. The van der Waals surface area contributed by atoms with Gasteiger partial charge < -0.3 is 5.73 Å². The Morgan fingerprint density at radius 2 is 2.08 bits per heavy atom. The van der Waals surface area contributed by atoms with Crippen LogP contribution >= 0.6 is 0 Å². The first-order chi connectivity index (χ1) is 5.70. The normalized spacial score (nSPS) is 9.08. The molecule has 0 aliphatic carbocycles. The summed E-state index contributed by atoms with van der Waals surface area (Å²) in [6.45, 7) is 0. The van der Waals surface area contributed by atoms with Gasteiger partial charge in [-0.25, -0.2) is 9.18 Å². The first-order valence-electron chi connectivity index (χ1n) is 3.26. The number of anilines is 1. The van der Waals surface area contributed by atoms with Crippen molar-refractivity contribution in [3.05, 3.63) is 30.1 Å². The molecular weight excluding hydrogens is 161 g/mol. The van der Waals surface area contributed by atoms with Gasteiger partial charge in [0.1, 0.15) is 5.82 Å². The lowest BCUT2D eigenvalue weighted by molar-refractivity contribution is 0.250. The van der Waals surface area contributed by atoms with Gasteiger partial charge in [0.15, 0.2) is 0 Å². The van der Waals surface area contributed by atoms with Crippen molar-refractivity contribution in [2.75, 3.05) is 5.43 Å². The summed E-state index contributed by atoms with van der Waals surface area (Å²) in [5.41, 5.74) is 9.30. The molecule has 1 aromatic rings. The van der Waals surface area contributed by atoms with Crippen LogP contribution in [0, 0.1) is 5.82 Å². The van der Waals surface area contributed by atoms with Gasteiger partial charge in [-0.2, -0.15) is 0 Å². The number of para-hydroxylation sites is 1. The topological polar surface area (TPSA) is 67.2 Å². The van der Waals surface area contributed by atoms with E-state index in [-0.39, 0.29) is 5.69 Å². The zero-order chi connectivity index (χ0) is 8.97. The molecule has 0 radical (unpaired) electrons. The van der Waals surface area contributed by atoms with Gasteiger partial charge in [-0.3, -0.25) is 10.9 Å². The highest BCUT2D eigenvalue weighted by molar-refractivity contribution is 5.73. The minimum absolute atomic E-state index is 0.177. The molecule has 1 aromatic carbocycles. The number of nitrogens with two attached hydrogens (primary N) is 1. The predicted octanol–water partition coefficient (Wildman–Crippen LogP) is 0.821. The molecule has 64 valence electrons. The second kappa shape index (κ2) is 3.56. The Bertz CT molecular complexity index is 290. The van der Waals surface area contributed by atoms with Crippen LogP contribution in [0.1, 0.15) is 0 Å². The van der Waals surface area contributed by atoms with Crippen molar-refractivity contribution in [2.24, 2.45) is 5.73 Å². The van der Waals surface area contributed by atoms with E-state index in [1.807, 2.05) is 0 Å². The Hall–Kier alpha value is -1.78. The average Bonchev–Trinajstić information content (AvgIpc) is 2.03. The quantitative estimate of drug-likeness (QED) is 0.574. The summed E-state index contributed by atoms with van der Waals surface area (Å²) in [5.74, 6) is -0.453. The number of carbonyl (C=O) groups is 1. The molecule has 0 spiro atoms. The number of hydrogen-bond donors (Lipinski definition) is 3. The Morgan fingerprint density at radius 3 is 2.67 bits per heavy atom. The van der Waals surface area contributed by atoms with Crippen molar-refractivity contribution >= 4 is 11.7 Å². The molecule has 0 heterocycles. The lowest BCUT2D eigenvalue weighted by Crippen LogP contribution is -2.34. The van der Waals surface area contributed by atoms with Gasteiger partial charge in [0.05, 0.1) is 5.69 Å². The molecule has 0 saturated heterocycles. The maximum atomic E-state index is 12.8. The molecule has 0 unspecified atom stereocenters. The van der Waals surface area contributed by atoms with E-state index >= 15 is 0 Å². The molecule has 12 heavy (non-hydrogen) atoms. The van der Waals surface area contributed by atoms with E-state index in [0.29, 0.717) is 0 Å². The van der Waals surface area contributed by atoms with E-state index in [9.17, 15) is 9.18 Å². The van der Waals surface area contributed by atoms with Gasteiger partial charge in [0.2, 0.25) is 0 Å². The van der Waals surface area contributed by atoms with E-state index in [1.165, 1.54) is 12.1 Å². The van der Waals surface area contributed by atoms with Crippen molar-refractivity contribution in [1.82, 2.24) is 5.43 Å². The third kappa shape index (κ3) is 2.12. The summed E-state index contributed by atoms with van der Waals surface area (Å²) in [6.07, 6.45) is 0. The third-order valence-corrected chi connectivity index (χ3v) is 1.19. The van der Waals surface area contributed by atoms with Gasteiger partial charge in [0, 0.05) is 0 Å². The number of hydrazine groups is 1. The monoisotopic (exact) mass is 169 g/mol. The van der Waals surface area contributed by atoms with Gasteiger partial charge in [0.25, 0.3) is 0 Å². The Kier molecular flexibility index (Phi) is 2.47. The van der Waals surface area contributed by atoms with E-state index in [4.69, 9.17) is 5.73 Å². The minimum atomic E-state index is -0.766. The maximum absolute atomic E-state index is 12.8. The zero-order valence-electron chi connectivity index (χ0n) is 6.17. The summed E-state index contributed by atoms with van der Waals surface area (Å²) in [6, 6.07) is 5.16. The SMILES string of the molecule is NC(=O)NNc1ccccc1F. The van der Waals surface area contributed by atoms with Crippen LogP contribution in [-0.4, -0.2) is 6.03 Å². The van der Waals surface area contributed by atoms with Crippen LogP contribution in [0.2, 0.25) is 0 Å². The molecule has 2 amide bonds. The largest absolute Gasteiger partial charge is 0.350 e. The number of hydrogen-bond acceptors (Lipinski definition) is 2. The van der Waals surface area contributed by atoms with E-state index in [1.54, 1.807) is 12.1 Å². The molecule has 1 rings (SSSR count). The molecule has 0 saturated carbocycles. The number of benzene rings is 1. The second-order valence-electron chi connectivity index (χ2n) is 2.09. The molecular formula is C7H8FN3O. The van der Waals surface area contributed by atoms with Crippen LogP contribution in [0.15, 0.2) is 24.3 Å². The van der Waals surface area contributed by atoms with Gasteiger partial charge in [-0.05, 0) is 12.1 Å². The summed E-state index contributed by atoms with van der Waals surface area (Å²) in [5, 5.41) is 0. The van der Waals surface area contributed by atoms with Crippen molar-refractivity contribution in [3.63, 3.8) is 0 Å². The highest BCUT2D eigenvalue weighted by atomic mass is 19.1. The van der Waals surface area contributed by atoms with Crippen LogP contribution in [0.5, 0.6) is 0 Å². The fraction of sp³-hybridized carbons (Fsp3) is 0. The van der Waals surface area contributed by atoms with Crippen LogP contribution in [0.25, 0.3) is 0 Å². The zero-order valence-corrected chi connectivity index (χ0v) is 6.17. The van der Waals surface area contributed by atoms with Gasteiger partial charge in [-0.1, -0.05) is 12.1 Å². The minimum Gasteiger partial charge on any atom is -0.350 e. The molecule has 4 N–H and O–H groups in total. The summed E-state index contributed by atoms with van der Waals surface area (Å²) in [7, 11) is 0. The van der Waals surface area contributed by atoms with E-state index in [0.717, 1.165) is 0 Å². The van der Waals surface area contributed by atoms with Crippen molar-refractivity contribution < 1.29 is 9.18 Å². The summed E-state index contributed by atoms with van der Waals surface area (Å²) < 4.78 is 12.8. The van der Waals surface area contributed by atoms with Gasteiger partial charge >= 0.3 is 6.03 Å². The molecule has 0 fully saturated rings. The maximum Gasteiger partial charge on any atom is 0.330 e. The molecule has 5 heteroatoms. The summed E-state index contributed by atoms with van der Waals surface area (Å²) >= 11 is 0. The molecule has 0 bridgehead atoms. The number of nitrogens with one attached hydrogen (secondary N) is 2. The van der Waals surface area contributed by atoms with Crippen LogP contribution < -0.4 is 16.6 Å². The molecule has 0 aliphatic heterocycles. The highest BCUT2D eigenvalue weighted by Crippen LogP contribution is 2.10. The van der Waals surface area contributed by atoms with Crippen LogP contribution in [-0.2, 0) is 0 Å². The van der Waals surface area contributed by atoms with Crippen LogP contribution in [0.4, 0.5) is 14.9 Å². The van der Waals surface area contributed by atoms with Crippen molar-refractivity contribution in [1.29, 1.82) is 0 Å². The van der Waals surface area contributed by atoms with Crippen molar-refractivity contribution in [2.45, 2.75) is 0 Å². The fourth-order valence-corrected chi connectivity index (χ4v) is 0.692. The Labute approximate surface area is 68.5 Å². The fourth-order valence-electron chi connectivity index (χ4n) is 0.692. The number of carbonyl (C=O) groups excluding carboxylic acids is 1. The number of primary amides is 1. The lowest BCUT2D eigenvalue weighted by Gasteiger charge is -2.05. The molecule has 0 aromatic heterocycles. The molecule has 0 aliphatic rings. The first kappa shape index (κ1) is 8.32. The second-order valence-corrected chi connectivity index (χ2v) is 2.09. The number of urea groups is 1. The number of amides is 2. The first-order valence-corrected chi connectivity index (χ1v) is 3.26. The Balaban J connectivity index is 2.63. The average molecular weight is 169 g/mol. The number of rotatable bonds is 2. The van der Waals surface area contributed by atoms with Crippen molar-refractivity contribution in [3.8, 4) is 0 Å². The molecule has 4 nitrogen and oxygen atoms in total. The molecule has 0 atom stereocenters. The standard InChI is InChI=1S/C7H8FN3O/c8-5-3-1-2-4-6(5)10-11-7(9)12/h1-4,10H,(H3,9,11,12). The highest BCUT2D eigenvalue weighted by Gasteiger charge is 1.98. The summed E-state index contributed by atoms with van der Waals surface area (Å²) in [4.78, 5) is 10.2. The van der Waals surface area contributed by atoms with Crippen LogP contribution in [0.3, 0.4) is 0 Å². The third-order valence-electron chi connectivity index (χ3n) is 1.19. The van der Waals surface area contributed by atoms with E-state index in [2.05, 4.69) is 10.9 Å². The van der Waals surface area contributed by atoms with Gasteiger partial charge in [-0.15, -0.1) is 0 Å².